The van der Waals surface area contributed by atoms with E-state index < -0.39 is 0 Å². The summed E-state index contributed by atoms with van der Waals surface area (Å²) in [6.07, 6.45) is 9.02. The second-order valence-electron chi connectivity index (χ2n) is 3.98. The summed E-state index contributed by atoms with van der Waals surface area (Å²) in [4.78, 5) is 8.74. The van der Waals surface area contributed by atoms with Crippen LogP contribution in [0.2, 0.25) is 0 Å². The molecule has 8 nitrogen and oxygen atoms in total. The number of hydrogen-bond acceptors (Lipinski definition) is 6. The minimum atomic E-state index is 0.700. The lowest BCUT2D eigenvalue weighted by Gasteiger charge is -2.09. The molecule has 0 aliphatic rings. The fourth-order valence-corrected chi connectivity index (χ4v) is 1.81. The number of hydrogen-bond donors (Lipinski definition) is 2. The number of aromatic nitrogens is 6. The fourth-order valence-electron chi connectivity index (χ4n) is 1.81. The third-order valence-corrected chi connectivity index (χ3v) is 2.74. The molecule has 0 saturated carbocycles. The Labute approximate surface area is 109 Å². The van der Waals surface area contributed by atoms with Gasteiger partial charge in [0.05, 0.1) is 18.9 Å². The highest BCUT2D eigenvalue weighted by Crippen LogP contribution is 2.15. The first-order valence-corrected chi connectivity index (χ1v) is 5.96. The zero-order valence-corrected chi connectivity index (χ0v) is 10.5. The van der Waals surface area contributed by atoms with E-state index in [4.69, 9.17) is 0 Å². The van der Waals surface area contributed by atoms with Crippen LogP contribution in [0.5, 0.6) is 0 Å². The largest absolute Gasteiger partial charge is 0.372 e. The van der Waals surface area contributed by atoms with Gasteiger partial charge in [0.1, 0.15) is 5.82 Å². The van der Waals surface area contributed by atoms with Crippen molar-refractivity contribution in [1.82, 2.24) is 29.4 Å². The molecule has 0 spiro atoms. The molecular weight excluding hydrogens is 244 g/mol. The Hall–Kier alpha value is -2.64. The molecule has 3 rings (SSSR count). The zero-order chi connectivity index (χ0) is 13.1. The molecule has 0 aliphatic heterocycles. The van der Waals surface area contributed by atoms with Gasteiger partial charge < -0.3 is 15.0 Å². The number of imidazole rings is 1. The lowest BCUT2D eigenvalue weighted by Crippen LogP contribution is -2.13. The van der Waals surface area contributed by atoms with Crippen LogP contribution < -0.4 is 10.6 Å². The number of anilines is 2. The first-order chi connectivity index (χ1) is 9.36. The quantitative estimate of drug-likeness (QED) is 0.692. The maximum Gasteiger partial charge on any atom is 0.180 e. The fraction of sp³-hybridized carbons (Fsp3) is 0.273. The third-order valence-electron chi connectivity index (χ3n) is 2.74. The molecule has 3 heterocycles. The SMILES string of the molecule is CNc1cn2ccnc2c(NCCn2ccnn2)n1. The molecule has 0 atom stereocenters. The molecule has 0 amide bonds. The van der Waals surface area contributed by atoms with E-state index in [-0.39, 0.29) is 0 Å². The Kier molecular flexibility index (Phi) is 2.97. The smallest absolute Gasteiger partial charge is 0.180 e. The molecule has 0 saturated heterocycles. The van der Waals surface area contributed by atoms with Gasteiger partial charge in [-0.05, 0) is 0 Å². The van der Waals surface area contributed by atoms with Crippen LogP contribution in [0.4, 0.5) is 11.6 Å². The first-order valence-electron chi connectivity index (χ1n) is 5.96. The van der Waals surface area contributed by atoms with Crippen LogP contribution in [0, 0.1) is 0 Å². The van der Waals surface area contributed by atoms with Crippen LogP contribution in [0.3, 0.4) is 0 Å². The van der Waals surface area contributed by atoms with E-state index in [0.717, 1.165) is 23.8 Å². The van der Waals surface area contributed by atoms with Crippen LogP contribution in [0.15, 0.2) is 31.0 Å². The summed E-state index contributed by atoms with van der Waals surface area (Å²) in [5.74, 6) is 1.53. The van der Waals surface area contributed by atoms with Gasteiger partial charge in [-0.15, -0.1) is 5.10 Å². The van der Waals surface area contributed by atoms with Gasteiger partial charge in [0.2, 0.25) is 0 Å². The molecule has 0 aromatic carbocycles. The Morgan fingerprint density at radius 1 is 1.26 bits per heavy atom. The van der Waals surface area contributed by atoms with Crippen molar-refractivity contribution in [3.63, 3.8) is 0 Å². The van der Waals surface area contributed by atoms with E-state index in [2.05, 4.69) is 30.9 Å². The average molecular weight is 258 g/mol. The first kappa shape index (κ1) is 11.5. The molecular formula is C11H14N8. The minimum Gasteiger partial charge on any atom is -0.372 e. The summed E-state index contributed by atoms with van der Waals surface area (Å²) in [6.45, 7) is 1.42. The van der Waals surface area contributed by atoms with E-state index in [1.807, 2.05) is 30.0 Å². The van der Waals surface area contributed by atoms with Gasteiger partial charge in [0, 0.05) is 32.2 Å². The normalized spacial score (nSPS) is 10.8. The highest BCUT2D eigenvalue weighted by molar-refractivity contribution is 5.65. The molecule has 0 fully saturated rings. The predicted molar refractivity (Wildman–Crippen MR) is 71.0 cm³/mol. The highest BCUT2D eigenvalue weighted by atomic mass is 15.4. The lowest BCUT2D eigenvalue weighted by atomic mass is 10.5. The molecule has 19 heavy (non-hydrogen) atoms. The maximum absolute atomic E-state index is 4.46. The Balaban J connectivity index is 1.77. The van der Waals surface area contributed by atoms with Crippen molar-refractivity contribution in [2.75, 3.05) is 24.2 Å². The summed E-state index contributed by atoms with van der Waals surface area (Å²) in [5, 5.41) is 14.0. The van der Waals surface area contributed by atoms with Crippen molar-refractivity contribution < 1.29 is 0 Å². The van der Waals surface area contributed by atoms with Crippen LogP contribution in [0.25, 0.3) is 5.65 Å². The second-order valence-corrected chi connectivity index (χ2v) is 3.98. The molecule has 3 aromatic heterocycles. The van der Waals surface area contributed by atoms with E-state index in [0.29, 0.717) is 6.54 Å². The molecule has 0 bridgehead atoms. The van der Waals surface area contributed by atoms with Crippen LogP contribution in [-0.4, -0.2) is 43.0 Å². The van der Waals surface area contributed by atoms with Crippen molar-refractivity contribution in [1.29, 1.82) is 0 Å². The Bertz CT molecular complexity index is 656. The monoisotopic (exact) mass is 258 g/mol. The molecule has 2 N–H and O–H groups in total. The van der Waals surface area contributed by atoms with Gasteiger partial charge in [-0.2, -0.15) is 0 Å². The van der Waals surface area contributed by atoms with Crippen molar-refractivity contribution in [2.24, 2.45) is 0 Å². The zero-order valence-electron chi connectivity index (χ0n) is 10.5. The van der Waals surface area contributed by atoms with Crippen molar-refractivity contribution in [3.05, 3.63) is 31.0 Å². The molecule has 0 aliphatic carbocycles. The molecule has 0 radical (unpaired) electrons. The van der Waals surface area contributed by atoms with E-state index in [1.165, 1.54) is 0 Å². The van der Waals surface area contributed by atoms with Crippen LogP contribution >= 0.6 is 0 Å². The van der Waals surface area contributed by atoms with Crippen LogP contribution in [0.1, 0.15) is 0 Å². The summed E-state index contributed by atoms with van der Waals surface area (Å²) in [7, 11) is 1.84. The summed E-state index contributed by atoms with van der Waals surface area (Å²) in [5.41, 5.74) is 0.803. The highest BCUT2D eigenvalue weighted by Gasteiger charge is 2.06. The number of rotatable bonds is 5. The number of nitrogens with one attached hydrogen (secondary N) is 2. The molecule has 0 unspecified atom stereocenters. The summed E-state index contributed by atoms with van der Waals surface area (Å²) < 4.78 is 3.69. The van der Waals surface area contributed by atoms with Gasteiger partial charge in [-0.25, -0.2) is 9.97 Å². The van der Waals surface area contributed by atoms with Crippen molar-refractivity contribution >= 4 is 17.3 Å². The Morgan fingerprint density at radius 2 is 2.21 bits per heavy atom. The van der Waals surface area contributed by atoms with Crippen LogP contribution in [-0.2, 0) is 6.54 Å². The second kappa shape index (κ2) is 4.92. The summed E-state index contributed by atoms with van der Waals surface area (Å²) in [6, 6.07) is 0. The van der Waals surface area contributed by atoms with Crippen molar-refractivity contribution in [2.45, 2.75) is 6.54 Å². The third kappa shape index (κ3) is 2.32. The number of nitrogens with zero attached hydrogens (tertiary/aromatic N) is 6. The average Bonchev–Trinajstić information content (AvgIpc) is 3.08. The predicted octanol–water partition coefficient (Wildman–Crippen LogP) is 0.475. The molecule has 98 valence electrons. The maximum atomic E-state index is 4.46. The van der Waals surface area contributed by atoms with Gasteiger partial charge in [0.25, 0.3) is 0 Å². The van der Waals surface area contributed by atoms with Gasteiger partial charge in [0.15, 0.2) is 11.5 Å². The molecule has 8 heteroatoms. The van der Waals surface area contributed by atoms with E-state index in [9.17, 15) is 0 Å². The van der Waals surface area contributed by atoms with Gasteiger partial charge in [-0.1, -0.05) is 5.21 Å². The van der Waals surface area contributed by atoms with Crippen molar-refractivity contribution in [3.8, 4) is 0 Å². The topological polar surface area (TPSA) is 85.0 Å². The van der Waals surface area contributed by atoms with E-state index >= 15 is 0 Å². The standard InChI is InChI=1S/C11H14N8/c1-12-9-8-18-5-2-14-11(18)10(16-9)13-3-6-19-7-4-15-17-19/h2,4-5,7-8,12H,3,6H2,1H3,(H,13,16). The van der Waals surface area contributed by atoms with Gasteiger partial charge >= 0.3 is 0 Å². The van der Waals surface area contributed by atoms with Gasteiger partial charge in [-0.3, -0.25) is 4.68 Å². The molecule has 3 aromatic rings. The summed E-state index contributed by atoms with van der Waals surface area (Å²) >= 11 is 0. The minimum absolute atomic E-state index is 0.700. The lowest BCUT2D eigenvalue weighted by molar-refractivity contribution is 0.608. The van der Waals surface area contributed by atoms with E-state index in [1.54, 1.807) is 17.1 Å². The Morgan fingerprint density at radius 3 is 3.00 bits per heavy atom. The number of fused-ring (bicyclic) bond motifs is 1.